The summed E-state index contributed by atoms with van der Waals surface area (Å²) in [4.78, 5) is 4.79. The van der Waals surface area contributed by atoms with Crippen molar-refractivity contribution in [3.05, 3.63) is 65.5 Å². The van der Waals surface area contributed by atoms with Crippen LogP contribution >= 0.6 is 0 Å². The molecule has 0 aromatic carbocycles. The lowest BCUT2D eigenvalue weighted by atomic mass is 9.89. The monoisotopic (exact) mass is 235 g/mol. The van der Waals surface area contributed by atoms with Gasteiger partial charge in [-0.3, -0.25) is 4.98 Å². The van der Waals surface area contributed by atoms with Crippen LogP contribution in [0.2, 0.25) is 0 Å². The highest BCUT2D eigenvalue weighted by molar-refractivity contribution is 5.61. The quantitative estimate of drug-likeness (QED) is 0.707. The van der Waals surface area contributed by atoms with E-state index < -0.39 is 0 Å². The predicted octanol–water partition coefficient (Wildman–Crippen LogP) is 3.97. The third kappa shape index (κ3) is 2.08. The normalized spacial score (nSPS) is 20.8. The van der Waals surface area contributed by atoms with Gasteiger partial charge in [0.1, 0.15) is 0 Å². The van der Waals surface area contributed by atoms with Gasteiger partial charge in [-0.2, -0.15) is 0 Å². The Labute approximate surface area is 108 Å². The number of nitrogens with zero attached hydrogens (tertiary/aromatic N) is 1. The fourth-order valence-electron chi connectivity index (χ4n) is 2.60. The van der Waals surface area contributed by atoms with Gasteiger partial charge in [-0.1, -0.05) is 43.0 Å². The summed E-state index contributed by atoms with van der Waals surface area (Å²) in [5.41, 5.74) is 5.08. The Bertz CT molecular complexity index is 561. The Morgan fingerprint density at radius 1 is 1.33 bits per heavy atom. The first-order chi connectivity index (χ1) is 8.86. The second-order valence-corrected chi connectivity index (χ2v) is 4.86. The molecule has 0 spiro atoms. The van der Waals surface area contributed by atoms with Crippen LogP contribution in [0.3, 0.4) is 0 Å². The molecule has 1 heterocycles. The Balaban J connectivity index is 1.94. The van der Waals surface area contributed by atoms with E-state index in [4.69, 9.17) is 4.98 Å². The number of aromatic nitrogens is 1. The van der Waals surface area contributed by atoms with Crippen molar-refractivity contribution in [3.8, 4) is 0 Å². The Morgan fingerprint density at radius 3 is 3.17 bits per heavy atom. The van der Waals surface area contributed by atoms with Gasteiger partial charge >= 0.3 is 0 Å². The summed E-state index contributed by atoms with van der Waals surface area (Å²) in [6.45, 7) is 3.71. The summed E-state index contributed by atoms with van der Waals surface area (Å²) in [7, 11) is 0. The number of fused-ring (bicyclic) bond motifs is 2. The summed E-state index contributed by atoms with van der Waals surface area (Å²) in [6.07, 6.45) is 18.1. The van der Waals surface area contributed by atoms with Gasteiger partial charge < -0.3 is 0 Å². The zero-order valence-corrected chi connectivity index (χ0v) is 10.5. The highest BCUT2D eigenvalue weighted by atomic mass is 14.7. The van der Waals surface area contributed by atoms with Crippen LogP contribution in [0.25, 0.3) is 12.2 Å². The van der Waals surface area contributed by atoms with E-state index >= 15 is 0 Å². The van der Waals surface area contributed by atoms with Crippen molar-refractivity contribution in [2.75, 3.05) is 0 Å². The van der Waals surface area contributed by atoms with Crippen molar-refractivity contribution in [2.45, 2.75) is 19.3 Å². The highest BCUT2D eigenvalue weighted by Crippen LogP contribution is 2.27. The number of aryl methyl sites for hydroxylation is 1. The van der Waals surface area contributed by atoms with Crippen LogP contribution in [0.1, 0.15) is 28.9 Å². The molecule has 18 heavy (non-hydrogen) atoms. The molecule has 1 atom stereocenters. The maximum atomic E-state index is 4.79. The van der Waals surface area contributed by atoms with Crippen molar-refractivity contribution in [1.82, 2.24) is 4.98 Å². The maximum Gasteiger partial charge on any atom is 0.0662 e. The Kier molecular flexibility index (Phi) is 2.97. The lowest BCUT2D eigenvalue weighted by Gasteiger charge is -2.19. The molecule has 1 aromatic heterocycles. The molecule has 1 unspecified atom stereocenters. The number of hydrogen-bond acceptors (Lipinski definition) is 1. The minimum atomic E-state index is 0.475. The predicted molar refractivity (Wildman–Crippen MR) is 77.2 cm³/mol. The van der Waals surface area contributed by atoms with Crippen LogP contribution in [-0.4, -0.2) is 4.98 Å². The van der Waals surface area contributed by atoms with Crippen LogP contribution in [0.15, 0.2) is 43.0 Å². The number of pyridine rings is 1. The highest BCUT2D eigenvalue weighted by Gasteiger charge is 2.16. The molecule has 0 aliphatic heterocycles. The van der Waals surface area contributed by atoms with Crippen LogP contribution in [0, 0.1) is 5.92 Å². The van der Waals surface area contributed by atoms with Gasteiger partial charge in [0.15, 0.2) is 0 Å². The minimum absolute atomic E-state index is 0.475. The van der Waals surface area contributed by atoms with Crippen LogP contribution in [-0.2, 0) is 12.8 Å². The molecule has 0 radical (unpaired) electrons. The van der Waals surface area contributed by atoms with E-state index in [9.17, 15) is 0 Å². The molecule has 0 N–H and O–H groups in total. The van der Waals surface area contributed by atoms with Gasteiger partial charge in [-0.15, -0.1) is 0 Å². The van der Waals surface area contributed by atoms with Crippen LogP contribution < -0.4 is 0 Å². The molecule has 0 amide bonds. The smallest absolute Gasteiger partial charge is 0.0662 e. The summed E-state index contributed by atoms with van der Waals surface area (Å²) >= 11 is 0. The van der Waals surface area contributed by atoms with E-state index in [0.717, 1.165) is 25.0 Å². The molecule has 2 aliphatic rings. The molecule has 0 fully saturated rings. The third-order valence-electron chi connectivity index (χ3n) is 3.54. The maximum absolute atomic E-state index is 4.79. The third-order valence-corrected chi connectivity index (χ3v) is 3.54. The van der Waals surface area contributed by atoms with Crippen molar-refractivity contribution in [3.63, 3.8) is 0 Å². The largest absolute Gasteiger partial charge is 0.253 e. The van der Waals surface area contributed by atoms with E-state index in [1.165, 1.54) is 16.8 Å². The first-order valence-electron chi connectivity index (χ1n) is 6.53. The van der Waals surface area contributed by atoms with Gasteiger partial charge in [0.2, 0.25) is 0 Å². The van der Waals surface area contributed by atoms with Crippen molar-refractivity contribution < 1.29 is 0 Å². The van der Waals surface area contributed by atoms with Gasteiger partial charge in [-0.05, 0) is 48.4 Å². The lowest BCUT2D eigenvalue weighted by molar-refractivity contribution is 0.781. The molecule has 0 bridgehead atoms. The molecule has 1 nitrogen and oxygen atoms in total. The second-order valence-electron chi connectivity index (χ2n) is 4.86. The van der Waals surface area contributed by atoms with Gasteiger partial charge in [0.25, 0.3) is 0 Å². The standard InChI is InChI=1S/C17H17N/c1-2-3-6-13-9-10-17-15(11-13)12-14-7-4-5-8-16(14)18-17/h2-4,6-7,9-10,12-13H,1,5,8,11H2/b6-3-. The van der Waals surface area contributed by atoms with Crippen molar-refractivity contribution in [2.24, 2.45) is 5.92 Å². The molecule has 0 saturated carbocycles. The summed E-state index contributed by atoms with van der Waals surface area (Å²) in [5, 5.41) is 0. The van der Waals surface area contributed by atoms with Crippen molar-refractivity contribution in [1.29, 1.82) is 0 Å². The first kappa shape index (κ1) is 11.2. The lowest BCUT2D eigenvalue weighted by Crippen LogP contribution is -2.10. The minimum Gasteiger partial charge on any atom is -0.253 e. The fraction of sp³-hybridized carbons (Fsp3) is 0.235. The van der Waals surface area contributed by atoms with E-state index in [-0.39, 0.29) is 0 Å². The van der Waals surface area contributed by atoms with E-state index in [1.54, 1.807) is 0 Å². The van der Waals surface area contributed by atoms with Crippen LogP contribution in [0.5, 0.6) is 0 Å². The van der Waals surface area contributed by atoms with E-state index in [2.05, 4.69) is 43.0 Å². The van der Waals surface area contributed by atoms with Crippen molar-refractivity contribution >= 4 is 12.2 Å². The second kappa shape index (κ2) is 4.77. The number of rotatable bonds is 2. The molecular weight excluding hydrogens is 218 g/mol. The molecule has 1 aromatic rings. The Hall–Kier alpha value is -1.89. The van der Waals surface area contributed by atoms with Gasteiger partial charge in [-0.25, -0.2) is 0 Å². The van der Waals surface area contributed by atoms with E-state index in [0.29, 0.717) is 5.92 Å². The molecule has 2 aliphatic carbocycles. The summed E-state index contributed by atoms with van der Waals surface area (Å²) in [6, 6.07) is 2.31. The van der Waals surface area contributed by atoms with Crippen LogP contribution in [0.4, 0.5) is 0 Å². The molecule has 1 heteroatoms. The zero-order chi connectivity index (χ0) is 12.4. The molecule has 3 rings (SSSR count). The summed E-state index contributed by atoms with van der Waals surface area (Å²) < 4.78 is 0. The first-order valence-corrected chi connectivity index (χ1v) is 6.53. The van der Waals surface area contributed by atoms with Gasteiger partial charge in [0, 0.05) is 5.69 Å². The zero-order valence-electron chi connectivity index (χ0n) is 10.5. The topological polar surface area (TPSA) is 12.9 Å². The SMILES string of the molecule is C=C/C=C\C1C=Cc2nc3c(cc2C1)C=CCC3. The fourth-order valence-corrected chi connectivity index (χ4v) is 2.60. The average Bonchev–Trinajstić information content (AvgIpc) is 2.42. The number of allylic oxidation sites excluding steroid dienone is 5. The number of hydrogen-bond donors (Lipinski definition) is 0. The molecule has 0 saturated heterocycles. The Morgan fingerprint density at radius 2 is 2.28 bits per heavy atom. The molecular formula is C17H17N. The van der Waals surface area contributed by atoms with Gasteiger partial charge in [0.05, 0.1) is 5.69 Å². The average molecular weight is 235 g/mol. The molecule has 90 valence electrons. The summed E-state index contributed by atoms with van der Waals surface area (Å²) in [5.74, 6) is 0.475. The van der Waals surface area contributed by atoms with E-state index in [1.807, 2.05) is 12.2 Å².